The van der Waals surface area contributed by atoms with Crippen LogP contribution >= 0.6 is 0 Å². The molecule has 2 aliphatic rings. The van der Waals surface area contributed by atoms with Crippen molar-refractivity contribution in [2.75, 3.05) is 78.5 Å². The summed E-state index contributed by atoms with van der Waals surface area (Å²) in [6, 6.07) is 7.79. The van der Waals surface area contributed by atoms with Gasteiger partial charge in [0.25, 0.3) is 5.91 Å². The Morgan fingerprint density at radius 2 is 1.93 bits per heavy atom. The quantitative estimate of drug-likeness (QED) is 0.836. The third kappa shape index (κ3) is 5.00. The molecule has 1 aromatic carbocycles. The van der Waals surface area contributed by atoms with Crippen molar-refractivity contribution in [3.63, 3.8) is 0 Å². The van der Waals surface area contributed by atoms with E-state index in [2.05, 4.69) is 16.8 Å². The third-order valence-corrected chi connectivity index (χ3v) is 6.01. The first-order valence-electron chi connectivity index (χ1n) is 10.1. The second kappa shape index (κ2) is 9.04. The first-order valence-corrected chi connectivity index (χ1v) is 10.1. The van der Waals surface area contributed by atoms with E-state index in [-0.39, 0.29) is 18.4 Å². The fraction of sp³-hybridized carbons (Fsp3) is 0.667. The number of anilines is 1. The highest BCUT2D eigenvalue weighted by atomic mass is 16.3. The second-order valence-corrected chi connectivity index (χ2v) is 8.32. The van der Waals surface area contributed by atoms with Crippen LogP contribution in [0.1, 0.15) is 16.8 Å². The van der Waals surface area contributed by atoms with Crippen LogP contribution in [-0.4, -0.2) is 99.3 Å². The molecule has 27 heavy (non-hydrogen) atoms. The number of aliphatic hydroxyl groups is 1. The Kier molecular flexibility index (Phi) is 6.73. The van der Waals surface area contributed by atoms with Gasteiger partial charge in [0.2, 0.25) is 0 Å². The fourth-order valence-electron chi connectivity index (χ4n) is 4.23. The normalized spacial score (nSPS) is 24.8. The van der Waals surface area contributed by atoms with Crippen LogP contribution in [0.3, 0.4) is 0 Å². The van der Waals surface area contributed by atoms with E-state index in [9.17, 15) is 9.90 Å². The summed E-state index contributed by atoms with van der Waals surface area (Å²) in [6.07, 6.45) is 1.19. The highest BCUT2D eigenvalue weighted by Gasteiger charge is 2.36. The smallest absolute Gasteiger partial charge is 0.253 e. The predicted octanol–water partition coefficient (Wildman–Crippen LogP) is 1.07. The molecule has 2 aliphatic heterocycles. The van der Waals surface area contributed by atoms with Crippen molar-refractivity contribution < 1.29 is 9.90 Å². The first-order chi connectivity index (χ1) is 13.0. The Labute approximate surface area is 163 Å². The van der Waals surface area contributed by atoms with Crippen LogP contribution in [0, 0.1) is 11.8 Å². The maximum atomic E-state index is 13.0. The molecule has 0 unspecified atom stereocenters. The topological polar surface area (TPSA) is 50.3 Å². The van der Waals surface area contributed by atoms with Gasteiger partial charge < -0.3 is 24.7 Å². The van der Waals surface area contributed by atoms with Gasteiger partial charge in [0.15, 0.2) is 0 Å². The predicted molar refractivity (Wildman–Crippen MR) is 109 cm³/mol. The van der Waals surface area contributed by atoms with Crippen LogP contribution in [-0.2, 0) is 0 Å². The largest absolute Gasteiger partial charge is 0.396 e. The number of aliphatic hydroxyl groups excluding tert-OH is 1. The van der Waals surface area contributed by atoms with Gasteiger partial charge in [-0.05, 0) is 50.7 Å². The van der Waals surface area contributed by atoms with Gasteiger partial charge in [-0.1, -0.05) is 6.07 Å². The summed E-state index contributed by atoms with van der Waals surface area (Å²) >= 11 is 0. The fourth-order valence-corrected chi connectivity index (χ4v) is 4.23. The Morgan fingerprint density at radius 3 is 2.67 bits per heavy atom. The van der Waals surface area contributed by atoms with Gasteiger partial charge >= 0.3 is 0 Å². The molecule has 2 fully saturated rings. The number of carbonyl (C=O) groups excluding carboxylic acids is 1. The van der Waals surface area contributed by atoms with Gasteiger partial charge in [-0.2, -0.15) is 0 Å². The minimum Gasteiger partial charge on any atom is -0.396 e. The van der Waals surface area contributed by atoms with Gasteiger partial charge in [-0.25, -0.2) is 0 Å². The number of nitrogens with zero attached hydrogens (tertiary/aromatic N) is 4. The second-order valence-electron chi connectivity index (χ2n) is 8.32. The summed E-state index contributed by atoms with van der Waals surface area (Å²) in [5.74, 6) is 0.599. The zero-order valence-electron chi connectivity index (χ0n) is 17.0. The molecule has 0 spiro atoms. The van der Waals surface area contributed by atoms with Gasteiger partial charge in [-0.3, -0.25) is 4.79 Å². The van der Waals surface area contributed by atoms with Crippen molar-refractivity contribution in [2.45, 2.75) is 6.42 Å². The van der Waals surface area contributed by atoms with Crippen molar-refractivity contribution >= 4 is 11.6 Å². The lowest BCUT2D eigenvalue weighted by Gasteiger charge is -2.26. The van der Waals surface area contributed by atoms with Crippen molar-refractivity contribution in [3.05, 3.63) is 29.8 Å². The molecule has 0 saturated carbocycles. The molecule has 0 aromatic heterocycles. The summed E-state index contributed by atoms with van der Waals surface area (Å²) in [5, 5.41) is 9.88. The van der Waals surface area contributed by atoms with Crippen molar-refractivity contribution in [2.24, 2.45) is 11.8 Å². The lowest BCUT2D eigenvalue weighted by molar-refractivity contribution is 0.0779. The molecule has 1 amide bonds. The highest BCUT2D eigenvalue weighted by molar-refractivity contribution is 5.95. The van der Waals surface area contributed by atoms with Crippen LogP contribution in [0.4, 0.5) is 5.69 Å². The highest BCUT2D eigenvalue weighted by Crippen LogP contribution is 2.27. The van der Waals surface area contributed by atoms with E-state index in [1.165, 1.54) is 6.42 Å². The van der Waals surface area contributed by atoms with Crippen LogP contribution in [0.15, 0.2) is 24.3 Å². The zero-order chi connectivity index (χ0) is 19.4. The van der Waals surface area contributed by atoms with Crippen molar-refractivity contribution in [1.29, 1.82) is 0 Å². The van der Waals surface area contributed by atoms with Crippen LogP contribution < -0.4 is 4.90 Å². The number of likely N-dealkylation sites (tertiary alicyclic amines) is 1. The Morgan fingerprint density at radius 1 is 1.15 bits per heavy atom. The maximum absolute atomic E-state index is 13.0. The number of rotatable bonds is 5. The maximum Gasteiger partial charge on any atom is 0.253 e. The third-order valence-electron chi connectivity index (χ3n) is 6.01. The van der Waals surface area contributed by atoms with Crippen molar-refractivity contribution in [3.8, 4) is 0 Å². The number of hydrogen-bond donors (Lipinski definition) is 1. The van der Waals surface area contributed by atoms with E-state index in [1.807, 2.05) is 48.2 Å². The summed E-state index contributed by atoms with van der Waals surface area (Å²) in [7, 11) is 6.14. The molecule has 2 atom stereocenters. The lowest BCUT2D eigenvalue weighted by Crippen LogP contribution is -2.36. The number of likely N-dealkylation sites (N-methyl/N-ethyl adjacent to an activating group) is 1. The van der Waals surface area contributed by atoms with E-state index >= 15 is 0 Å². The molecule has 0 radical (unpaired) electrons. The molecule has 150 valence electrons. The molecule has 2 heterocycles. The average Bonchev–Trinajstić information content (AvgIpc) is 2.96. The van der Waals surface area contributed by atoms with E-state index in [4.69, 9.17) is 0 Å². The minimum absolute atomic E-state index is 0.0789. The molecular weight excluding hydrogens is 340 g/mol. The molecule has 1 aromatic rings. The lowest BCUT2D eigenvalue weighted by atomic mass is 9.96. The summed E-state index contributed by atoms with van der Waals surface area (Å²) in [5.41, 5.74) is 1.76. The Bertz CT molecular complexity index is 636. The number of hydrogen-bond acceptors (Lipinski definition) is 5. The molecule has 0 bridgehead atoms. The van der Waals surface area contributed by atoms with E-state index in [0.717, 1.165) is 50.5 Å². The Balaban J connectivity index is 1.64. The number of carbonyl (C=O) groups is 1. The van der Waals surface area contributed by atoms with Crippen LogP contribution in [0.25, 0.3) is 0 Å². The SMILES string of the molecule is CN1CCCN(C[C@@H]2CN(C(=O)c3cccc(N(C)C)c3)C[C@@H]2CO)CC1. The summed E-state index contributed by atoms with van der Waals surface area (Å²) in [6.45, 7) is 6.94. The monoisotopic (exact) mass is 374 g/mol. The van der Waals surface area contributed by atoms with Gasteiger partial charge in [0.05, 0.1) is 0 Å². The molecular formula is C21H34N4O2. The van der Waals surface area contributed by atoms with Crippen LogP contribution in [0.2, 0.25) is 0 Å². The standard InChI is InChI=1S/C21H34N4O2/c1-22(2)20-7-4-6-17(12-20)21(27)25-14-18(19(15-25)16-26)13-24-9-5-8-23(3)10-11-24/h4,6-7,12,18-19,26H,5,8-11,13-16H2,1-3H3/t18-,19-/m1/s1. The molecule has 0 aliphatic carbocycles. The van der Waals surface area contributed by atoms with Crippen molar-refractivity contribution in [1.82, 2.24) is 14.7 Å². The van der Waals surface area contributed by atoms with Gasteiger partial charge in [-0.15, -0.1) is 0 Å². The average molecular weight is 375 g/mol. The summed E-state index contributed by atoms with van der Waals surface area (Å²) < 4.78 is 0. The molecule has 6 nitrogen and oxygen atoms in total. The first kappa shape index (κ1) is 20.1. The zero-order valence-corrected chi connectivity index (χ0v) is 17.0. The molecule has 6 heteroatoms. The van der Waals surface area contributed by atoms with Gasteiger partial charge in [0.1, 0.15) is 0 Å². The minimum atomic E-state index is 0.0789. The van der Waals surface area contributed by atoms with E-state index in [0.29, 0.717) is 12.5 Å². The molecule has 2 saturated heterocycles. The molecule has 1 N–H and O–H groups in total. The molecule has 3 rings (SSSR count). The van der Waals surface area contributed by atoms with Gasteiger partial charge in [0, 0.05) is 70.6 Å². The number of amides is 1. The Hall–Kier alpha value is -1.63. The summed E-state index contributed by atoms with van der Waals surface area (Å²) in [4.78, 5) is 21.9. The van der Waals surface area contributed by atoms with E-state index < -0.39 is 0 Å². The van der Waals surface area contributed by atoms with E-state index in [1.54, 1.807) is 0 Å². The number of benzene rings is 1. The van der Waals surface area contributed by atoms with Crippen LogP contribution in [0.5, 0.6) is 0 Å².